The Morgan fingerprint density at radius 1 is 1.00 bits per heavy atom. The van der Waals surface area contributed by atoms with Crippen molar-refractivity contribution in [3.8, 4) is 0 Å². The highest BCUT2D eigenvalue weighted by Crippen LogP contribution is 2.59. The lowest BCUT2D eigenvalue weighted by Crippen LogP contribution is -2.44. The minimum atomic E-state index is 0.0922. The minimum absolute atomic E-state index is 0.0922. The standard InChI is InChI=1S/C38H59NO/c1-11-30(16-14-27(2)3)34-21-23-37(9)22-12-13-32-25-31(28(4)5)17-18-33(39-26-40)20-24-38(32,10)29(6)15-19-35(37)36(34,7)8/h11,14,16,21,29,31-33,35H,1,4,12-13,15,17-20,22-25H2,2-3,5-10H3. The third-order valence-electron chi connectivity index (χ3n) is 11.9. The van der Waals surface area contributed by atoms with Crippen LogP contribution in [0.4, 0.5) is 0 Å². The average Bonchev–Trinajstić information content (AvgIpc) is 2.94. The summed E-state index contributed by atoms with van der Waals surface area (Å²) in [6.45, 7) is 27.9. The van der Waals surface area contributed by atoms with Crippen molar-refractivity contribution < 1.29 is 4.79 Å². The Kier molecular flexibility index (Phi) is 10.9. The number of isocyanates is 1. The molecule has 7 unspecified atom stereocenters. The van der Waals surface area contributed by atoms with Crippen LogP contribution in [-0.4, -0.2) is 12.1 Å². The highest BCUT2D eigenvalue weighted by atomic mass is 16.1. The van der Waals surface area contributed by atoms with Gasteiger partial charge in [0.25, 0.3) is 0 Å². The largest absolute Gasteiger partial charge is 0.235 e. The van der Waals surface area contributed by atoms with Gasteiger partial charge >= 0.3 is 0 Å². The molecule has 0 amide bonds. The van der Waals surface area contributed by atoms with Crippen molar-refractivity contribution in [2.45, 2.75) is 132 Å². The Bertz CT molecular complexity index is 1060. The van der Waals surface area contributed by atoms with Gasteiger partial charge in [-0.25, -0.2) is 9.79 Å². The summed E-state index contributed by atoms with van der Waals surface area (Å²) >= 11 is 0. The van der Waals surface area contributed by atoms with Crippen LogP contribution in [0.2, 0.25) is 0 Å². The van der Waals surface area contributed by atoms with E-state index in [2.05, 4.69) is 97.8 Å². The number of fused-ring (bicyclic) bond motifs is 2. The van der Waals surface area contributed by atoms with Gasteiger partial charge in [-0.05, 0) is 136 Å². The Balaban J connectivity index is 1.99. The topological polar surface area (TPSA) is 29.4 Å². The van der Waals surface area contributed by atoms with Gasteiger partial charge in [0.05, 0.1) is 6.04 Å². The first-order valence-corrected chi connectivity index (χ1v) is 16.2. The predicted molar refractivity (Wildman–Crippen MR) is 173 cm³/mol. The number of aliphatic imine (C=N–C) groups is 1. The first-order valence-electron chi connectivity index (χ1n) is 16.2. The van der Waals surface area contributed by atoms with Gasteiger partial charge in [0.2, 0.25) is 6.08 Å². The summed E-state index contributed by atoms with van der Waals surface area (Å²) in [6.07, 6.45) is 24.1. The molecular formula is C38H59NO. The fourth-order valence-corrected chi connectivity index (χ4v) is 9.00. The molecule has 2 saturated carbocycles. The highest BCUT2D eigenvalue weighted by molar-refractivity contribution is 5.46. The molecule has 0 aromatic rings. The van der Waals surface area contributed by atoms with E-state index in [-0.39, 0.29) is 16.9 Å². The van der Waals surface area contributed by atoms with Crippen LogP contribution in [-0.2, 0) is 4.79 Å². The second-order valence-electron chi connectivity index (χ2n) is 15.2. The van der Waals surface area contributed by atoms with Crippen LogP contribution in [0.3, 0.4) is 0 Å². The van der Waals surface area contributed by atoms with Gasteiger partial charge in [-0.2, -0.15) is 0 Å². The molecule has 0 bridgehead atoms. The number of hydrogen-bond donors (Lipinski definition) is 0. The minimum Gasteiger partial charge on any atom is -0.211 e. The van der Waals surface area contributed by atoms with Crippen molar-refractivity contribution >= 4 is 6.08 Å². The van der Waals surface area contributed by atoms with Gasteiger partial charge in [0, 0.05) is 0 Å². The maximum Gasteiger partial charge on any atom is 0.235 e. The van der Waals surface area contributed by atoms with E-state index in [4.69, 9.17) is 0 Å². The predicted octanol–water partition coefficient (Wildman–Crippen LogP) is 11.1. The van der Waals surface area contributed by atoms with Gasteiger partial charge in [0.15, 0.2) is 0 Å². The summed E-state index contributed by atoms with van der Waals surface area (Å²) in [4.78, 5) is 15.5. The van der Waals surface area contributed by atoms with Crippen molar-refractivity contribution in [3.63, 3.8) is 0 Å². The number of carbonyl (C=O) groups excluding carboxylic acids is 1. The Morgan fingerprint density at radius 2 is 1.73 bits per heavy atom. The summed E-state index contributed by atoms with van der Waals surface area (Å²) in [5.41, 5.74) is 6.05. The van der Waals surface area contributed by atoms with Crippen LogP contribution in [0.5, 0.6) is 0 Å². The SMILES string of the molecule is C=CC(=CC=C(C)C)C1=CCC2(C)CCCC3CC(C(=C)C)CCC(N=C=O)CCC3(C)C(C)CCC2C1(C)C. The van der Waals surface area contributed by atoms with Crippen molar-refractivity contribution in [3.05, 3.63) is 59.8 Å². The first-order chi connectivity index (χ1) is 18.8. The molecule has 0 saturated heterocycles. The summed E-state index contributed by atoms with van der Waals surface area (Å²) in [6, 6.07) is 0.107. The zero-order valence-corrected chi connectivity index (χ0v) is 27.2. The lowest BCUT2D eigenvalue weighted by molar-refractivity contribution is 0.00356. The maximum atomic E-state index is 11.3. The van der Waals surface area contributed by atoms with Gasteiger partial charge in [-0.1, -0.05) is 89.6 Å². The quantitative estimate of drug-likeness (QED) is 0.146. The monoisotopic (exact) mass is 545 g/mol. The molecule has 0 N–H and O–H groups in total. The molecule has 0 radical (unpaired) electrons. The smallest absolute Gasteiger partial charge is 0.211 e. The molecule has 0 aliphatic heterocycles. The average molecular weight is 546 g/mol. The molecule has 3 aliphatic carbocycles. The number of allylic oxidation sites excluding steroid dienone is 8. The second-order valence-corrected chi connectivity index (χ2v) is 15.2. The third-order valence-corrected chi connectivity index (χ3v) is 11.9. The van der Waals surface area contributed by atoms with E-state index in [0.717, 1.165) is 32.1 Å². The van der Waals surface area contributed by atoms with Crippen LogP contribution >= 0.6 is 0 Å². The van der Waals surface area contributed by atoms with Crippen molar-refractivity contribution in [2.75, 3.05) is 0 Å². The number of rotatable bonds is 5. The first kappa shape index (κ1) is 32.6. The maximum absolute atomic E-state index is 11.3. The van der Waals surface area contributed by atoms with E-state index in [0.29, 0.717) is 29.1 Å². The van der Waals surface area contributed by atoms with E-state index in [1.165, 1.54) is 60.8 Å². The molecule has 7 atom stereocenters. The van der Waals surface area contributed by atoms with Gasteiger partial charge in [-0.15, -0.1) is 0 Å². The molecule has 2 fully saturated rings. The second kappa shape index (κ2) is 13.4. The summed E-state index contributed by atoms with van der Waals surface area (Å²) in [7, 11) is 0. The molecule has 2 nitrogen and oxygen atoms in total. The zero-order chi connectivity index (χ0) is 29.7. The summed E-state index contributed by atoms with van der Waals surface area (Å²) in [5.74, 6) is 2.46. The fourth-order valence-electron chi connectivity index (χ4n) is 9.00. The Labute approximate surface area is 247 Å². The summed E-state index contributed by atoms with van der Waals surface area (Å²) < 4.78 is 0. The van der Waals surface area contributed by atoms with Gasteiger partial charge in [-0.3, -0.25) is 0 Å². The number of hydrogen-bond acceptors (Lipinski definition) is 2. The van der Waals surface area contributed by atoms with E-state index >= 15 is 0 Å². The van der Waals surface area contributed by atoms with E-state index < -0.39 is 0 Å². The van der Waals surface area contributed by atoms with Crippen molar-refractivity contribution in [2.24, 2.45) is 44.9 Å². The van der Waals surface area contributed by atoms with Crippen molar-refractivity contribution in [1.29, 1.82) is 0 Å². The molecule has 0 aromatic carbocycles. The molecule has 40 heavy (non-hydrogen) atoms. The Hall–Kier alpha value is -1.92. The van der Waals surface area contributed by atoms with E-state index in [9.17, 15) is 4.79 Å². The van der Waals surface area contributed by atoms with E-state index in [1.807, 2.05) is 6.08 Å². The van der Waals surface area contributed by atoms with Crippen LogP contribution in [0.15, 0.2) is 64.7 Å². The molecule has 222 valence electrons. The molecule has 0 heterocycles. The van der Waals surface area contributed by atoms with Crippen LogP contribution in [0, 0.1) is 39.9 Å². The molecular weight excluding hydrogens is 486 g/mol. The van der Waals surface area contributed by atoms with Crippen LogP contribution in [0.25, 0.3) is 0 Å². The fraction of sp³-hybridized carbons (Fsp3) is 0.711. The summed E-state index contributed by atoms with van der Waals surface area (Å²) in [5, 5.41) is 0. The zero-order valence-electron chi connectivity index (χ0n) is 27.2. The lowest BCUT2D eigenvalue weighted by Gasteiger charge is -2.54. The molecule has 0 spiro atoms. The number of nitrogens with zero attached hydrogens (tertiary/aromatic N) is 1. The van der Waals surface area contributed by atoms with Gasteiger partial charge in [0.1, 0.15) is 0 Å². The molecule has 3 aliphatic rings. The molecule has 0 aromatic heterocycles. The molecule has 3 rings (SSSR count). The van der Waals surface area contributed by atoms with Crippen LogP contribution in [0.1, 0.15) is 126 Å². The third kappa shape index (κ3) is 7.10. The van der Waals surface area contributed by atoms with Crippen molar-refractivity contribution in [1.82, 2.24) is 0 Å². The normalized spacial score (nSPS) is 37.0. The Morgan fingerprint density at radius 3 is 2.35 bits per heavy atom. The van der Waals surface area contributed by atoms with Gasteiger partial charge < -0.3 is 0 Å². The van der Waals surface area contributed by atoms with Crippen LogP contribution < -0.4 is 0 Å². The lowest BCUT2D eigenvalue weighted by atomic mass is 9.51. The molecule has 2 heteroatoms. The van der Waals surface area contributed by atoms with E-state index in [1.54, 1.807) is 0 Å². The highest BCUT2D eigenvalue weighted by Gasteiger charge is 2.49.